The Morgan fingerprint density at radius 3 is 2.58 bits per heavy atom. The molecule has 0 spiro atoms. The van der Waals surface area contributed by atoms with Gasteiger partial charge in [0.1, 0.15) is 5.82 Å². The third kappa shape index (κ3) is 6.98. The van der Waals surface area contributed by atoms with Crippen LogP contribution in [0.5, 0.6) is 0 Å². The molecule has 1 aromatic rings. The van der Waals surface area contributed by atoms with E-state index >= 15 is 0 Å². The third-order valence-electron chi connectivity index (χ3n) is 2.84. The molecule has 1 N–H and O–H groups in total. The van der Waals surface area contributed by atoms with E-state index in [1.807, 2.05) is 17.8 Å². The van der Waals surface area contributed by atoms with Crippen molar-refractivity contribution in [3.8, 4) is 0 Å². The van der Waals surface area contributed by atoms with Crippen LogP contribution in [0.3, 0.4) is 0 Å². The average Bonchev–Trinajstić information content (AvgIpc) is 2.33. The van der Waals surface area contributed by atoms with Crippen LogP contribution in [0.1, 0.15) is 52.5 Å². The lowest BCUT2D eigenvalue weighted by Gasteiger charge is -2.21. The topological polar surface area (TPSA) is 12.0 Å². The van der Waals surface area contributed by atoms with Gasteiger partial charge in [0.2, 0.25) is 0 Å². The summed E-state index contributed by atoms with van der Waals surface area (Å²) in [5, 5.41) is 3.43. The highest BCUT2D eigenvalue weighted by atomic mass is 32.2. The molecule has 1 rings (SSSR count). The van der Waals surface area contributed by atoms with Crippen LogP contribution in [-0.2, 0) is 6.54 Å². The van der Waals surface area contributed by atoms with Gasteiger partial charge in [0, 0.05) is 17.0 Å². The quantitative estimate of drug-likeness (QED) is 0.558. The monoisotopic (exact) mass is 283 g/mol. The zero-order chi connectivity index (χ0) is 14.3. The van der Waals surface area contributed by atoms with Gasteiger partial charge >= 0.3 is 0 Å². The Morgan fingerprint density at radius 2 is 1.95 bits per heavy atom. The Labute approximate surface area is 121 Å². The molecule has 0 amide bonds. The lowest BCUT2D eigenvalue weighted by molar-refractivity contribution is 0.422. The second-order valence-electron chi connectivity index (χ2n) is 5.91. The summed E-state index contributed by atoms with van der Waals surface area (Å²) in [6.45, 7) is 9.31. The predicted octanol–water partition coefficient (Wildman–Crippen LogP) is 5.00. The fourth-order valence-corrected chi connectivity index (χ4v) is 2.77. The number of thioether (sulfide) groups is 1. The molecule has 0 aliphatic heterocycles. The largest absolute Gasteiger partial charge is 0.308 e. The first-order valence-electron chi connectivity index (χ1n) is 7.08. The molecule has 0 saturated heterocycles. The van der Waals surface area contributed by atoms with Crippen LogP contribution in [0.2, 0.25) is 0 Å². The van der Waals surface area contributed by atoms with Gasteiger partial charge in [0.25, 0.3) is 0 Å². The molecule has 0 heterocycles. The predicted molar refractivity (Wildman–Crippen MR) is 83.2 cm³/mol. The molecule has 0 atom stereocenters. The van der Waals surface area contributed by atoms with Gasteiger partial charge in [0.15, 0.2) is 0 Å². The smallest absolute Gasteiger partial charge is 0.123 e. The van der Waals surface area contributed by atoms with Crippen molar-refractivity contribution in [3.63, 3.8) is 0 Å². The summed E-state index contributed by atoms with van der Waals surface area (Å²) in [6.07, 6.45) is 3.73. The van der Waals surface area contributed by atoms with Crippen LogP contribution in [0.25, 0.3) is 0 Å². The number of benzene rings is 1. The van der Waals surface area contributed by atoms with E-state index in [4.69, 9.17) is 0 Å². The molecule has 0 bridgehead atoms. The molecule has 108 valence electrons. The molecule has 0 fully saturated rings. The van der Waals surface area contributed by atoms with E-state index in [9.17, 15) is 4.39 Å². The van der Waals surface area contributed by atoms with Crippen LogP contribution in [0.4, 0.5) is 4.39 Å². The van der Waals surface area contributed by atoms with E-state index in [1.165, 1.54) is 24.2 Å². The molecule has 19 heavy (non-hydrogen) atoms. The molecule has 0 aliphatic rings. The first-order valence-corrected chi connectivity index (χ1v) is 8.07. The zero-order valence-electron chi connectivity index (χ0n) is 12.6. The Hall–Kier alpha value is -0.540. The lowest BCUT2D eigenvalue weighted by Crippen LogP contribution is -2.35. The fraction of sp³-hybridized carbons (Fsp3) is 0.625. The van der Waals surface area contributed by atoms with E-state index < -0.39 is 0 Å². The number of rotatable bonds is 7. The first kappa shape index (κ1) is 16.5. The highest BCUT2D eigenvalue weighted by Gasteiger charge is 2.11. The summed E-state index contributed by atoms with van der Waals surface area (Å²) in [5.74, 6) is 0.964. The van der Waals surface area contributed by atoms with Gasteiger partial charge in [-0.05, 0) is 56.7 Å². The highest BCUT2D eigenvalue weighted by Crippen LogP contribution is 2.25. The number of halogens is 1. The van der Waals surface area contributed by atoms with Crippen LogP contribution >= 0.6 is 11.8 Å². The maximum Gasteiger partial charge on any atom is 0.123 e. The van der Waals surface area contributed by atoms with Gasteiger partial charge in [-0.1, -0.05) is 19.8 Å². The van der Waals surface area contributed by atoms with Gasteiger partial charge < -0.3 is 5.32 Å². The van der Waals surface area contributed by atoms with E-state index in [2.05, 4.69) is 33.0 Å². The minimum absolute atomic E-state index is 0.0520. The van der Waals surface area contributed by atoms with Gasteiger partial charge in [-0.25, -0.2) is 4.39 Å². The normalized spacial score (nSPS) is 11.8. The number of hydrogen-bond acceptors (Lipinski definition) is 2. The van der Waals surface area contributed by atoms with Crippen molar-refractivity contribution in [2.75, 3.05) is 5.75 Å². The molecule has 1 aromatic carbocycles. The summed E-state index contributed by atoms with van der Waals surface area (Å²) >= 11 is 1.84. The summed E-state index contributed by atoms with van der Waals surface area (Å²) in [7, 11) is 0. The van der Waals surface area contributed by atoms with Crippen LogP contribution in [-0.4, -0.2) is 11.3 Å². The zero-order valence-corrected chi connectivity index (χ0v) is 13.4. The Kier molecular flexibility index (Phi) is 6.87. The van der Waals surface area contributed by atoms with Crippen LogP contribution in [0.15, 0.2) is 23.1 Å². The Bertz CT molecular complexity index is 385. The fourth-order valence-electron chi connectivity index (χ4n) is 1.72. The summed E-state index contributed by atoms with van der Waals surface area (Å²) < 4.78 is 13.4. The molecule has 0 aliphatic carbocycles. The van der Waals surface area contributed by atoms with E-state index in [1.54, 1.807) is 12.1 Å². The number of nitrogens with one attached hydrogen (secondary N) is 1. The van der Waals surface area contributed by atoms with Crippen molar-refractivity contribution in [2.45, 2.75) is 63.9 Å². The van der Waals surface area contributed by atoms with Crippen molar-refractivity contribution in [1.29, 1.82) is 0 Å². The molecule has 0 unspecified atom stereocenters. The minimum Gasteiger partial charge on any atom is -0.308 e. The number of unbranched alkanes of at least 4 members (excludes halogenated alkanes) is 2. The molecule has 1 nitrogen and oxygen atoms in total. The molecule has 0 radical (unpaired) electrons. The van der Waals surface area contributed by atoms with Gasteiger partial charge in [-0.15, -0.1) is 11.8 Å². The van der Waals surface area contributed by atoms with Gasteiger partial charge in [0.05, 0.1) is 0 Å². The van der Waals surface area contributed by atoms with Gasteiger partial charge in [-0.2, -0.15) is 0 Å². The third-order valence-corrected chi connectivity index (χ3v) is 4.04. The standard InChI is InChI=1S/C16H26FNS/c1-5-6-7-10-19-15-9-8-14(17)11-13(15)12-18-16(2,3)4/h8-9,11,18H,5-7,10,12H2,1-4H3. The van der Waals surface area contributed by atoms with E-state index in [-0.39, 0.29) is 11.4 Å². The minimum atomic E-state index is -0.149. The Morgan fingerprint density at radius 1 is 1.21 bits per heavy atom. The van der Waals surface area contributed by atoms with Crippen molar-refractivity contribution in [3.05, 3.63) is 29.6 Å². The van der Waals surface area contributed by atoms with Crippen LogP contribution in [0, 0.1) is 5.82 Å². The van der Waals surface area contributed by atoms with E-state index in [0.717, 1.165) is 17.9 Å². The van der Waals surface area contributed by atoms with Crippen LogP contribution < -0.4 is 5.32 Å². The second kappa shape index (κ2) is 7.91. The van der Waals surface area contributed by atoms with Crippen molar-refractivity contribution < 1.29 is 4.39 Å². The van der Waals surface area contributed by atoms with Crippen molar-refractivity contribution >= 4 is 11.8 Å². The summed E-state index contributed by atoms with van der Waals surface area (Å²) in [5.41, 5.74) is 1.12. The SMILES string of the molecule is CCCCCSc1ccc(F)cc1CNC(C)(C)C. The average molecular weight is 283 g/mol. The van der Waals surface area contributed by atoms with Crippen molar-refractivity contribution in [1.82, 2.24) is 5.32 Å². The number of hydrogen-bond donors (Lipinski definition) is 1. The molecular weight excluding hydrogens is 257 g/mol. The summed E-state index contributed by atoms with van der Waals surface area (Å²) in [4.78, 5) is 1.20. The molecule has 0 aromatic heterocycles. The summed E-state index contributed by atoms with van der Waals surface area (Å²) in [6, 6.07) is 5.12. The van der Waals surface area contributed by atoms with Gasteiger partial charge in [-0.3, -0.25) is 0 Å². The maximum atomic E-state index is 13.4. The lowest BCUT2D eigenvalue weighted by atomic mass is 10.1. The first-order chi connectivity index (χ1) is 8.92. The second-order valence-corrected chi connectivity index (χ2v) is 7.05. The molecular formula is C16H26FNS. The molecule has 3 heteroatoms. The maximum absolute atomic E-state index is 13.4. The van der Waals surface area contributed by atoms with E-state index in [0.29, 0.717) is 0 Å². The molecule has 0 saturated carbocycles. The highest BCUT2D eigenvalue weighted by molar-refractivity contribution is 7.99. The Balaban J connectivity index is 2.63. The van der Waals surface area contributed by atoms with Crippen molar-refractivity contribution in [2.24, 2.45) is 0 Å².